The van der Waals surface area contributed by atoms with Gasteiger partial charge in [-0.1, -0.05) is 6.92 Å². The first-order chi connectivity index (χ1) is 7.19. The summed E-state index contributed by atoms with van der Waals surface area (Å²) in [6.45, 7) is 6.99. The normalized spacial score (nSPS) is 13.4. The van der Waals surface area contributed by atoms with Crippen LogP contribution in [0.5, 0.6) is 0 Å². The Balaban J connectivity index is 2.53. The smallest absolute Gasteiger partial charge is 0.141 e. The SMILES string of the molecule is CCC(CO)NCc1ncnn1C(C)C. The van der Waals surface area contributed by atoms with Crippen LogP contribution in [0.3, 0.4) is 0 Å². The zero-order chi connectivity index (χ0) is 11.3. The van der Waals surface area contributed by atoms with E-state index in [-0.39, 0.29) is 12.6 Å². The fraction of sp³-hybridized carbons (Fsp3) is 0.800. The number of aromatic nitrogens is 3. The number of nitrogens with one attached hydrogen (secondary N) is 1. The summed E-state index contributed by atoms with van der Waals surface area (Å²) in [6.07, 6.45) is 2.48. The van der Waals surface area contributed by atoms with Crippen LogP contribution >= 0.6 is 0 Å². The predicted octanol–water partition coefficient (Wildman–Crippen LogP) is 0.719. The largest absolute Gasteiger partial charge is 0.395 e. The van der Waals surface area contributed by atoms with Gasteiger partial charge in [-0.3, -0.25) is 0 Å². The molecule has 0 aliphatic rings. The van der Waals surface area contributed by atoms with Gasteiger partial charge in [0.2, 0.25) is 0 Å². The Kier molecular flexibility index (Phi) is 4.71. The van der Waals surface area contributed by atoms with E-state index in [1.807, 2.05) is 11.6 Å². The van der Waals surface area contributed by atoms with Crippen LogP contribution in [0.25, 0.3) is 0 Å². The standard InChI is InChI=1S/C10H20N4O/c1-4-9(6-15)11-5-10-12-7-13-14(10)8(2)3/h7-9,11,15H,4-6H2,1-3H3. The van der Waals surface area contributed by atoms with Crippen LogP contribution in [0, 0.1) is 0 Å². The molecule has 0 aromatic carbocycles. The van der Waals surface area contributed by atoms with Gasteiger partial charge >= 0.3 is 0 Å². The molecule has 1 heterocycles. The van der Waals surface area contributed by atoms with Gasteiger partial charge in [0.1, 0.15) is 12.2 Å². The lowest BCUT2D eigenvalue weighted by Crippen LogP contribution is -2.32. The predicted molar refractivity (Wildman–Crippen MR) is 58.4 cm³/mol. The summed E-state index contributed by atoms with van der Waals surface area (Å²) in [5.74, 6) is 0.914. The summed E-state index contributed by atoms with van der Waals surface area (Å²) in [6, 6.07) is 0.459. The first kappa shape index (κ1) is 12.1. The Morgan fingerprint density at radius 3 is 2.80 bits per heavy atom. The number of aliphatic hydroxyl groups excluding tert-OH is 1. The molecule has 0 amide bonds. The highest BCUT2D eigenvalue weighted by atomic mass is 16.3. The van der Waals surface area contributed by atoms with E-state index in [0.717, 1.165) is 12.2 Å². The minimum atomic E-state index is 0.141. The van der Waals surface area contributed by atoms with Crippen LogP contribution < -0.4 is 5.32 Å². The molecule has 86 valence electrons. The zero-order valence-corrected chi connectivity index (χ0v) is 9.64. The molecule has 2 N–H and O–H groups in total. The minimum Gasteiger partial charge on any atom is -0.395 e. The summed E-state index contributed by atoms with van der Waals surface area (Å²) in [4.78, 5) is 4.19. The number of rotatable bonds is 6. The van der Waals surface area contributed by atoms with Gasteiger partial charge < -0.3 is 10.4 Å². The molecule has 5 nitrogen and oxygen atoms in total. The molecule has 1 aromatic heterocycles. The molecule has 0 radical (unpaired) electrons. The third kappa shape index (κ3) is 3.28. The molecule has 0 aliphatic carbocycles. The van der Waals surface area contributed by atoms with E-state index in [0.29, 0.717) is 12.6 Å². The van der Waals surface area contributed by atoms with Crippen molar-refractivity contribution < 1.29 is 5.11 Å². The highest BCUT2D eigenvalue weighted by molar-refractivity contribution is 4.86. The Morgan fingerprint density at radius 1 is 1.53 bits per heavy atom. The van der Waals surface area contributed by atoms with E-state index in [1.165, 1.54) is 0 Å². The maximum absolute atomic E-state index is 9.03. The Hall–Kier alpha value is -0.940. The maximum Gasteiger partial charge on any atom is 0.141 e. The van der Waals surface area contributed by atoms with Gasteiger partial charge in [-0.2, -0.15) is 5.10 Å². The monoisotopic (exact) mass is 212 g/mol. The molecule has 1 atom stereocenters. The molecule has 0 saturated heterocycles. The van der Waals surface area contributed by atoms with Crippen molar-refractivity contribution in [2.75, 3.05) is 6.61 Å². The van der Waals surface area contributed by atoms with E-state index in [2.05, 4.69) is 29.2 Å². The summed E-state index contributed by atoms with van der Waals surface area (Å²) >= 11 is 0. The van der Waals surface area contributed by atoms with Crippen molar-refractivity contribution >= 4 is 0 Å². The quantitative estimate of drug-likeness (QED) is 0.729. The van der Waals surface area contributed by atoms with Gasteiger partial charge in [0.15, 0.2) is 0 Å². The lowest BCUT2D eigenvalue weighted by molar-refractivity contribution is 0.236. The minimum absolute atomic E-state index is 0.141. The van der Waals surface area contributed by atoms with E-state index in [1.54, 1.807) is 6.33 Å². The van der Waals surface area contributed by atoms with Gasteiger partial charge in [-0.05, 0) is 20.3 Å². The summed E-state index contributed by atoms with van der Waals surface area (Å²) < 4.78 is 1.89. The van der Waals surface area contributed by atoms with Crippen molar-refractivity contribution in [1.29, 1.82) is 0 Å². The number of aliphatic hydroxyl groups is 1. The van der Waals surface area contributed by atoms with Crippen molar-refractivity contribution in [2.24, 2.45) is 0 Å². The molecule has 15 heavy (non-hydrogen) atoms. The average molecular weight is 212 g/mol. The number of hydrogen-bond donors (Lipinski definition) is 2. The maximum atomic E-state index is 9.03. The number of nitrogens with zero attached hydrogens (tertiary/aromatic N) is 3. The van der Waals surface area contributed by atoms with Gasteiger partial charge in [-0.25, -0.2) is 9.67 Å². The van der Waals surface area contributed by atoms with Crippen LogP contribution in [0.15, 0.2) is 6.33 Å². The first-order valence-electron chi connectivity index (χ1n) is 5.41. The van der Waals surface area contributed by atoms with Crippen LogP contribution in [0.4, 0.5) is 0 Å². The van der Waals surface area contributed by atoms with Gasteiger partial charge in [0, 0.05) is 12.1 Å². The molecule has 1 rings (SSSR count). The molecular weight excluding hydrogens is 192 g/mol. The van der Waals surface area contributed by atoms with Crippen LogP contribution in [-0.2, 0) is 6.54 Å². The van der Waals surface area contributed by atoms with E-state index >= 15 is 0 Å². The van der Waals surface area contributed by atoms with Crippen molar-refractivity contribution in [1.82, 2.24) is 20.1 Å². The van der Waals surface area contributed by atoms with Crippen molar-refractivity contribution in [2.45, 2.75) is 45.8 Å². The molecule has 0 aliphatic heterocycles. The highest BCUT2D eigenvalue weighted by Gasteiger charge is 2.09. The van der Waals surface area contributed by atoms with Crippen molar-refractivity contribution in [3.05, 3.63) is 12.2 Å². The Morgan fingerprint density at radius 2 is 2.27 bits per heavy atom. The fourth-order valence-electron chi connectivity index (χ4n) is 1.41. The van der Waals surface area contributed by atoms with E-state index < -0.39 is 0 Å². The highest BCUT2D eigenvalue weighted by Crippen LogP contribution is 2.05. The van der Waals surface area contributed by atoms with Gasteiger partial charge in [0.05, 0.1) is 13.2 Å². The Bertz CT molecular complexity index is 281. The topological polar surface area (TPSA) is 63.0 Å². The third-order valence-electron chi connectivity index (χ3n) is 2.40. The van der Waals surface area contributed by atoms with Crippen LogP contribution in [0.2, 0.25) is 0 Å². The summed E-state index contributed by atoms with van der Waals surface area (Å²) in [7, 11) is 0. The zero-order valence-electron chi connectivity index (χ0n) is 9.64. The van der Waals surface area contributed by atoms with Gasteiger partial charge in [-0.15, -0.1) is 0 Å². The molecule has 0 bridgehead atoms. The van der Waals surface area contributed by atoms with Crippen molar-refractivity contribution in [3.8, 4) is 0 Å². The van der Waals surface area contributed by atoms with Crippen LogP contribution in [-0.4, -0.2) is 32.5 Å². The second-order valence-electron chi connectivity index (χ2n) is 3.88. The fourth-order valence-corrected chi connectivity index (χ4v) is 1.41. The molecule has 0 fully saturated rings. The summed E-state index contributed by atoms with van der Waals surface area (Å²) in [5, 5.41) is 16.4. The van der Waals surface area contributed by atoms with E-state index in [9.17, 15) is 0 Å². The molecule has 1 aromatic rings. The molecule has 1 unspecified atom stereocenters. The molecule has 0 spiro atoms. The number of hydrogen-bond acceptors (Lipinski definition) is 4. The molecular formula is C10H20N4O. The lowest BCUT2D eigenvalue weighted by atomic mass is 10.2. The van der Waals surface area contributed by atoms with Crippen molar-refractivity contribution in [3.63, 3.8) is 0 Å². The Labute approximate surface area is 90.5 Å². The lowest BCUT2D eigenvalue weighted by Gasteiger charge is -2.15. The third-order valence-corrected chi connectivity index (χ3v) is 2.40. The average Bonchev–Trinajstić information content (AvgIpc) is 2.67. The van der Waals surface area contributed by atoms with Crippen LogP contribution in [0.1, 0.15) is 39.1 Å². The van der Waals surface area contributed by atoms with E-state index in [4.69, 9.17) is 5.11 Å². The second kappa shape index (κ2) is 5.82. The summed E-state index contributed by atoms with van der Waals surface area (Å²) in [5.41, 5.74) is 0. The molecule has 5 heteroatoms. The van der Waals surface area contributed by atoms with Gasteiger partial charge in [0.25, 0.3) is 0 Å². The first-order valence-corrected chi connectivity index (χ1v) is 5.41. The second-order valence-corrected chi connectivity index (χ2v) is 3.88. The molecule has 0 saturated carbocycles.